The van der Waals surface area contributed by atoms with Gasteiger partial charge in [-0.15, -0.1) is 0 Å². The van der Waals surface area contributed by atoms with Crippen molar-refractivity contribution in [1.82, 2.24) is 0 Å². The summed E-state index contributed by atoms with van der Waals surface area (Å²) in [5.74, 6) is -0.130. The summed E-state index contributed by atoms with van der Waals surface area (Å²) >= 11 is 1.37. The minimum absolute atomic E-state index is 0.0200. The number of fused-ring (bicyclic) bond motifs is 1. The molecule has 0 aromatic heterocycles. The molecule has 0 bridgehead atoms. The van der Waals surface area contributed by atoms with E-state index in [0.29, 0.717) is 26.9 Å². The number of phenols is 1. The number of allylic oxidation sites excluding steroid dienone is 2. The molecular formula is C30H27NO4S2. The highest BCUT2D eigenvalue weighted by Crippen LogP contribution is 2.45. The lowest BCUT2D eigenvalue weighted by Crippen LogP contribution is -2.27. The molecule has 0 saturated heterocycles. The molecule has 0 atom stereocenters. The Morgan fingerprint density at radius 2 is 1.68 bits per heavy atom. The van der Waals surface area contributed by atoms with Crippen molar-refractivity contribution in [2.24, 2.45) is 0 Å². The van der Waals surface area contributed by atoms with Crippen molar-refractivity contribution in [3.63, 3.8) is 0 Å². The second-order valence-electron chi connectivity index (χ2n) is 8.51. The summed E-state index contributed by atoms with van der Waals surface area (Å²) in [7, 11) is -2.51. The molecule has 0 aliphatic carbocycles. The minimum atomic E-state index is -4.00. The SMILES string of the molecule is C=C/C=C\c1cccc(Sc2cc(N(C)S(=O)(=O)c3cccc(C(C)=O)c3)c3ccccc3c2O)c1C. The van der Waals surface area contributed by atoms with Crippen molar-refractivity contribution in [2.75, 3.05) is 11.4 Å². The van der Waals surface area contributed by atoms with Crippen LogP contribution in [0.3, 0.4) is 0 Å². The van der Waals surface area contributed by atoms with E-state index >= 15 is 0 Å². The van der Waals surface area contributed by atoms with Crippen molar-refractivity contribution in [1.29, 1.82) is 0 Å². The van der Waals surface area contributed by atoms with E-state index in [-0.39, 0.29) is 16.4 Å². The van der Waals surface area contributed by atoms with Crippen molar-refractivity contribution in [3.05, 3.63) is 108 Å². The van der Waals surface area contributed by atoms with E-state index in [4.69, 9.17) is 0 Å². The molecular weight excluding hydrogens is 502 g/mol. The first-order valence-corrected chi connectivity index (χ1v) is 13.8. The molecule has 4 rings (SSSR count). The van der Waals surface area contributed by atoms with Crippen LogP contribution in [0.2, 0.25) is 0 Å². The van der Waals surface area contributed by atoms with Crippen LogP contribution in [0.15, 0.2) is 106 Å². The Kier molecular flexibility index (Phi) is 7.57. The van der Waals surface area contributed by atoms with Gasteiger partial charge in [0.1, 0.15) is 5.75 Å². The lowest BCUT2D eigenvalue weighted by molar-refractivity contribution is 0.101. The Morgan fingerprint density at radius 3 is 2.38 bits per heavy atom. The molecule has 0 unspecified atom stereocenters. The van der Waals surface area contributed by atoms with Crippen LogP contribution in [0.4, 0.5) is 5.69 Å². The zero-order valence-corrected chi connectivity index (χ0v) is 22.4. The number of hydrogen-bond donors (Lipinski definition) is 1. The number of aromatic hydroxyl groups is 1. The van der Waals surface area contributed by atoms with Crippen LogP contribution in [0.1, 0.15) is 28.4 Å². The van der Waals surface area contributed by atoms with E-state index in [1.165, 1.54) is 42.2 Å². The largest absolute Gasteiger partial charge is 0.506 e. The van der Waals surface area contributed by atoms with Gasteiger partial charge in [-0.3, -0.25) is 9.10 Å². The number of hydrogen-bond acceptors (Lipinski definition) is 5. The zero-order valence-electron chi connectivity index (χ0n) is 20.8. The van der Waals surface area contributed by atoms with E-state index in [1.54, 1.807) is 48.5 Å². The summed E-state index contributed by atoms with van der Waals surface area (Å²) in [6.07, 6.45) is 5.54. The van der Waals surface area contributed by atoms with Crippen LogP contribution < -0.4 is 4.31 Å². The molecule has 4 aromatic rings. The van der Waals surface area contributed by atoms with Gasteiger partial charge >= 0.3 is 0 Å². The summed E-state index contributed by atoms with van der Waals surface area (Å²) in [6.45, 7) is 7.12. The van der Waals surface area contributed by atoms with E-state index in [9.17, 15) is 18.3 Å². The van der Waals surface area contributed by atoms with Gasteiger partial charge in [-0.05, 0) is 49.2 Å². The van der Waals surface area contributed by atoms with Gasteiger partial charge in [0.25, 0.3) is 10.0 Å². The number of anilines is 1. The topological polar surface area (TPSA) is 74.7 Å². The molecule has 1 N–H and O–H groups in total. The third-order valence-electron chi connectivity index (χ3n) is 6.16. The first-order valence-electron chi connectivity index (χ1n) is 11.6. The number of sulfonamides is 1. The van der Waals surface area contributed by atoms with Crippen LogP contribution in [0.5, 0.6) is 5.75 Å². The Balaban J connectivity index is 1.85. The Hall–Kier alpha value is -3.81. The fraction of sp³-hybridized carbons (Fsp3) is 0.100. The van der Waals surface area contributed by atoms with Gasteiger partial charge in [0.15, 0.2) is 5.78 Å². The van der Waals surface area contributed by atoms with E-state index in [0.717, 1.165) is 16.0 Å². The molecule has 0 fully saturated rings. The summed E-state index contributed by atoms with van der Waals surface area (Å²) in [4.78, 5) is 13.3. The molecule has 0 aliphatic rings. The first-order chi connectivity index (χ1) is 17.6. The monoisotopic (exact) mass is 529 g/mol. The number of Topliss-reactive ketones (excluding diaryl/α,β-unsaturated/α-hetero) is 1. The standard InChI is InChI=1S/C30H27NO4S2/c1-5-6-11-22-12-10-17-28(20(22)2)36-29-19-27(25-15-7-8-16-26(25)30(29)33)31(4)37(34,35)24-14-9-13-23(18-24)21(3)32/h5-19,33H,1H2,2-4H3/b11-6-. The second-order valence-corrected chi connectivity index (χ2v) is 11.6. The predicted molar refractivity (Wildman–Crippen MR) is 152 cm³/mol. The number of nitrogens with zero attached hydrogens (tertiary/aromatic N) is 1. The van der Waals surface area contributed by atoms with E-state index in [1.807, 2.05) is 37.3 Å². The molecule has 5 nitrogen and oxygen atoms in total. The lowest BCUT2D eigenvalue weighted by Gasteiger charge is -2.23. The fourth-order valence-corrected chi connectivity index (χ4v) is 6.31. The van der Waals surface area contributed by atoms with E-state index in [2.05, 4.69) is 6.58 Å². The van der Waals surface area contributed by atoms with Gasteiger partial charge in [-0.1, -0.05) is 85.1 Å². The second kappa shape index (κ2) is 10.7. The molecule has 0 saturated carbocycles. The maximum atomic E-state index is 13.6. The number of ketones is 1. The van der Waals surface area contributed by atoms with E-state index < -0.39 is 10.0 Å². The zero-order chi connectivity index (χ0) is 26.7. The van der Waals surface area contributed by atoms with Crippen molar-refractivity contribution in [2.45, 2.75) is 28.5 Å². The highest BCUT2D eigenvalue weighted by molar-refractivity contribution is 7.99. The summed E-state index contributed by atoms with van der Waals surface area (Å²) < 4.78 is 28.5. The number of rotatable bonds is 8. The van der Waals surface area contributed by atoms with Crippen LogP contribution in [0, 0.1) is 6.92 Å². The average Bonchev–Trinajstić information content (AvgIpc) is 2.90. The maximum absolute atomic E-state index is 13.6. The highest BCUT2D eigenvalue weighted by atomic mass is 32.2. The molecule has 0 spiro atoms. The molecule has 0 heterocycles. The molecule has 0 aliphatic heterocycles. The molecule has 0 amide bonds. The summed E-state index contributed by atoms with van der Waals surface area (Å²) in [5, 5.41) is 12.3. The average molecular weight is 530 g/mol. The van der Waals surface area contributed by atoms with Crippen LogP contribution >= 0.6 is 11.8 Å². The Morgan fingerprint density at radius 1 is 0.973 bits per heavy atom. The minimum Gasteiger partial charge on any atom is -0.506 e. The first kappa shape index (κ1) is 26.3. The van der Waals surface area contributed by atoms with Crippen LogP contribution in [0.25, 0.3) is 16.8 Å². The third-order valence-corrected chi connectivity index (χ3v) is 9.12. The number of benzene rings is 4. The van der Waals surface area contributed by atoms with Gasteiger partial charge in [0.05, 0.1) is 15.5 Å². The smallest absolute Gasteiger partial charge is 0.264 e. The normalized spacial score (nSPS) is 11.6. The molecule has 0 radical (unpaired) electrons. The van der Waals surface area contributed by atoms with Crippen LogP contribution in [-0.2, 0) is 10.0 Å². The van der Waals surface area contributed by atoms with Crippen molar-refractivity contribution < 1.29 is 18.3 Å². The van der Waals surface area contributed by atoms with Crippen molar-refractivity contribution >= 4 is 50.1 Å². The molecule has 4 aromatic carbocycles. The fourth-order valence-electron chi connectivity index (χ4n) is 4.03. The Bertz CT molecular complexity index is 1660. The third kappa shape index (κ3) is 5.19. The molecule has 7 heteroatoms. The highest BCUT2D eigenvalue weighted by Gasteiger charge is 2.25. The van der Waals surface area contributed by atoms with Gasteiger partial charge < -0.3 is 5.11 Å². The number of phenolic OH excluding ortho intramolecular Hbond substituents is 1. The molecule has 188 valence electrons. The van der Waals surface area contributed by atoms with Gasteiger partial charge in [0, 0.05) is 28.3 Å². The Labute approximate surface area is 221 Å². The van der Waals surface area contributed by atoms with Crippen molar-refractivity contribution in [3.8, 4) is 5.75 Å². The number of carbonyl (C=O) groups excluding carboxylic acids is 1. The van der Waals surface area contributed by atoms with Gasteiger partial charge in [0.2, 0.25) is 0 Å². The maximum Gasteiger partial charge on any atom is 0.264 e. The predicted octanol–water partition coefficient (Wildman–Crippen LogP) is 7.23. The lowest BCUT2D eigenvalue weighted by atomic mass is 10.1. The van der Waals surface area contributed by atoms with Gasteiger partial charge in [-0.25, -0.2) is 8.42 Å². The van der Waals surface area contributed by atoms with Gasteiger partial charge in [-0.2, -0.15) is 0 Å². The summed E-state index contributed by atoms with van der Waals surface area (Å²) in [5.41, 5.74) is 2.80. The van der Waals surface area contributed by atoms with Crippen LogP contribution in [-0.4, -0.2) is 26.4 Å². The summed E-state index contributed by atoms with van der Waals surface area (Å²) in [6, 6.07) is 20.8. The number of carbonyl (C=O) groups is 1. The molecule has 37 heavy (non-hydrogen) atoms. The quantitative estimate of drug-likeness (QED) is 0.192.